The van der Waals surface area contributed by atoms with Gasteiger partial charge in [0.2, 0.25) is 6.29 Å². The fourth-order valence-corrected chi connectivity index (χ4v) is 14.3. The predicted molar refractivity (Wildman–Crippen MR) is 224 cm³/mol. The summed E-state index contributed by atoms with van der Waals surface area (Å²) >= 11 is 0. The fourth-order valence-electron chi connectivity index (χ4n) is 14.3. The molecule has 4 saturated heterocycles. The van der Waals surface area contributed by atoms with Crippen molar-refractivity contribution < 1.29 is 114 Å². The van der Waals surface area contributed by atoms with Gasteiger partial charge >= 0.3 is 5.97 Å². The first-order chi connectivity index (χ1) is 32.0. The van der Waals surface area contributed by atoms with E-state index in [0.717, 1.165) is 6.42 Å². The highest BCUT2D eigenvalue weighted by Gasteiger charge is 2.73. The summed E-state index contributed by atoms with van der Waals surface area (Å²) in [6.07, 6.45) is -28.4. The highest BCUT2D eigenvalue weighted by Crippen LogP contribution is 2.76. The van der Waals surface area contributed by atoms with E-state index in [9.17, 15) is 76.3 Å². The topological polar surface area (TPSA) is 374 Å². The monoisotopic (exact) mass is 982 g/mol. The van der Waals surface area contributed by atoms with Crippen molar-refractivity contribution >= 4 is 5.97 Å². The molecule has 4 aliphatic heterocycles. The van der Waals surface area contributed by atoms with Crippen LogP contribution in [0.1, 0.15) is 85.5 Å². The normalized spacial score (nSPS) is 54.7. The van der Waals surface area contributed by atoms with E-state index < -0.39 is 177 Å². The van der Waals surface area contributed by atoms with Gasteiger partial charge in [0.1, 0.15) is 97.7 Å². The lowest BCUT2D eigenvalue weighted by Gasteiger charge is -2.64. The van der Waals surface area contributed by atoms with Crippen molar-refractivity contribution in [3.63, 3.8) is 0 Å². The number of hydrogen-bond acceptors (Lipinski definition) is 23. The highest BCUT2D eigenvalue weighted by atomic mass is 16.8. The van der Waals surface area contributed by atoms with Gasteiger partial charge in [0, 0.05) is 0 Å². The minimum Gasteiger partial charge on any atom is -0.432 e. The average Bonchev–Trinajstić information content (AvgIpc) is 3.46. The van der Waals surface area contributed by atoms with Crippen molar-refractivity contribution in [1.29, 1.82) is 0 Å². The van der Waals surface area contributed by atoms with Crippen LogP contribution in [-0.2, 0) is 42.7 Å². The average molecular weight is 983 g/mol. The summed E-state index contributed by atoms with van der Waals surface area (Å²) in [5.74, 6) is -0.733. The minimum absolute atomic E-state index is 0.0645. The van der Waals surface area contributed by atoms with E-state index >= 15 is 0 Å². The molecule has 68 heavy (non-hydrogen) atoms. The molecule has 0 aromatic carbocycles. The Morgan fingerprint density at radius 1 is 0.500 bits per heavy atom. The number of aliphatic hydroxyl groups is 14. The van der Waals surface area contributed by atoms with E-state index in [1.54, 1.807) is 0 Å². The molecule has 8 rings (SSSR count). The van der Waals surface area contributed by atoms with Crippen LogP contribution in [0.15, 0.2) is 0 Å². The summed E-state index contributed by atoms with van der Waals surface area (Å²) < 4.78 is 48.7. The molecule has 1 spiro atoms. The van der Waals surface area contributed by atoms with E-state index in [2.05, 4.69) is 20.8 Å². The number of carbonyl (C=O) groups excluding carboxylic acids is 1. The zero-order chi connectivity index (χ0) is 49.6. The molecule has 0 aromatic rings. The Hall–Kier alpha value is -1.37. The largest absolute Gasteiger partial charge is 0.432 e. The molecule has 23 nitrogen and oxygen atoms in total. The first-order valence-electron chi connectivity index (χ1n) is 24.0. The summed E-state index contributed by atoms with van der Waals surface area (Å²) in [6, 6.07) is 0. The van der Waals surface area contributed by atoms with Crippen LogP contribution in [0.5, 0.6) is 0 Å². The van der Waals surface area contributed by atoms with Crippen molar-refractivity contribution in [2.45, 2.75) is 214 Å². The zero-order valence-electron chi connectivity index (χ0n) is 38.8. The molecule has 14 N–H and O–H groups in total. The van der Waals surface area contributed by atoms with E-state index in [4.69, 9.17) is 37.9 Å². The summed E-state index contributed by atoms with van der Waals surface area (Å²) in [6.45, 7) is 5.13. The zero-order valence-corrected chi connectivity index (χ0v) is 38.8. The van der Waals surface area contributed by atoms with Crippen molar-refractivity contribution in [3.8, 4) is 0 Å². The third-order valence-electron chi connectivity index (χ3n) is 17.9. The molecule has 4 saturated carbocycles. The Labute approximate surface area is 393 Å². The van der Waals surface area contributed by atoms with Crippen LogP contribution in [0.4, 0.5) is 0 Å². The van der Waals surface area contributed by atoms with Gasteiger partial charge in [-0.1, -0.05) is 27.2 Å². The van der Waals surface area contributed by atoms with Crippen LogP contribution >= 0.6 is 0 Å². The smallest absolute Gasteiger partial charge is 0.314 e. The molecule has 0 aromatic heterocycles. The number of rotatable bonds is 12. The number of carbonyl (C=O) groups is 1. The molecular formula is C45H74O23. The number of aliphatic hydroxyl groups excluding tert-OH is 14. The van der Waals surface area contributed by atoms with Crippen LogP contribution in [0, 0.1) is 33.5 Å². The molecule has 8 fully saturated rings. The van der Waals surface area contributed by atoms with E-state index in [1.165, 1.54) is 0 Å². The van der Waals surface area contributed by atoms with Gasteiger partial charge in [-0.05, 0) is 86.4 Å². The van der Waals surface area contributed by atoms with E-state index in [-0.39, 0.29) is 17.3 Å². The Morgan fingerprint density at radius 2 is 0.956 bits per heavy atom. The van der Waals surface area contributed by atoms with Gasteiger partial charge < -0.3 is 109 Å². The van der Waals surface area contributed by atoms with Crippen LogP contribution in [0.3, 0.4) is 0 Å². The number of hydrogen-bond donors (Lipinski definition) is 14. The molecule has 392 valence electrons. The lowest BCUT2D eigenvalue weighted by Crippen LogP contribution is -2.68. The third kappa shape index (κ3) is 8.58. The third-order valence-corrected chi connectivity index (χ3v) is 17.9. The molecule has 0 radical (unpaired) electrons. The quantitative estimate of drug-likeness (QED) is 0.0646. The lowest BCUT2D eigenvalue weighted by molar-refractivity contribution is -0.404. The van der Waals surface area contributed by atoms with Gasteiger partial charge in [-0.2, -0.15) is 0 Å². The first-order valence-corrected chi connectivity index (χ1v) is 24.0. The Kier molecular flexibility index (Phi) is 15.2. The Balaban J connectivity index is 1.08. The van der Waals surface area contributed by atoms with Crippen molar-refractivity contribution in [2.75, 3.05) is 26.4 Å². The van der Waals surface area contributed by atoms with Crippen LogP contribution in [0.25, 0.3) is 0 Å². The number of esters is 1. The molecule has 0 amide bonds. The first kappa shape index (κ1) is 52.9. The maximum Gasteiger partial charge on any atom is 0.314 e. The molecule has 4 aliphatic carbocycles. The van der Waals surface area contributed by atoms with Crippen LogP contribution in [0.2, 0.25) is 0 Å². The molecule has 4 heterocycles. The Bertz CT molecular complexity index is 1760. The van der Waals surface area contributed by atoms with Gasteiger partial charge in [-0.25, -0.2) is 0 Å². The maximum absolute atomic E-state index is 14.3. The van der Waals surface area contributed by atoms with Gasteiger partial charge in [0.15, 0.2) is 18.9 Å². The minimum atomic E-state index is -1.95. The Morgan fingerprint density at radius 3 is 1.49 bits per heavy atom. The molecular weight excluding hydrogens is 908 g/mol. The second kappa shape index (κ2) is 19.5. The summed E-state index contributed by atoms with van der Waals surface area (Å²) in [7, 11) is 0. The lowest BCUT2D eigenvalue weighted by atomic mass is 9.41. The second-order valence-corrected chi connectivity index (χ2v) is 22.1. The van der Waals surface area contributed by atoms with Gasteiger partial charge in [0.25, 0.3) is 0 Å². The molecule has 2 bridgehead atoms. The molecule has 26 unspecified atom stereocenters. The predicted octanol–water partition coefficient (Wildman–Crippen LogP) is -4.64. The van der Waals surface area contributed by atoms with Gasteiger partial charge in [0.05, 0.1) is 37.4 Å². The van der Waals surface area contributed by atoms with Crippen LogP contribution in [-0.4, -0.2) is 232 Å². The van der Waals surface area contributed by atoms with Gasteiger partial charge in [-0.15, -0.1) is 0 Å². The summed E-state index contributed by atoms with van der Waals surface area (Å²) in [5.41, 5.74) is -3.41. The number of fused-ring (bicyclic) bond motifs is 3. The standard InChI is InChI=1S/C45H74O23/c1-41(2)16-44-10-6-22-42(3,8-5-9-43(22,4)40(60)67-38-33(59)30(56)26(52)20(14-48)63-38)23(44)7-11-45(41,17-44)68-39-35(66-37-32(58)29(55)25(51)19(13-47)62-37)34(27(53)21(15-49)64-39)65-36-31(57)28(54)24(50)18(12-46)61-36/h18-39,46-59H,5-17H2,1-4H3. The highest BCUT2D eigenvalue weighted by molar-refractivity contribution is 5.77. The van der Waals surface area contributed by atoms with Gasteiger partial charge in [-0.3, -0.25) is 4.79 Å². The van der Waals surface area contributed by atoms with Crippen LogP contribution < -0.4 is 0 Å². The van der Waals surface area contributed by atoms with Crippen molar-refractivity contribution in [2.24, 2.45) is 33.5 Å². The summed E-state index contributed by atoms with van der Waals surface area (Å²) in [5, 5.41) is 148. The fraction of sp³-hybridized carbons (Fsp3) is 0.978. The van der Waals surface area contributed by atoms with E-state index in [0.29, 0.717) is 51.4 Å². The van der Waals surface area contributed by atoms with E-state index in [1.807, 2.05) is 6.92 Å². The molecule has 26 atom stereocenters. The maximum atomic E-state index is 14.3. The SMILES string of the molecule is CC1(C(=O)OC2OC(CO)C(O)C(O)C2O)CCCC2(C)C3CCC4(OC5OC(CO)C(O)C(OC6OC(CO)C(O)C(O)C6O)C5OC5OC(CO)C(O)C(O)C5O)CC3(CCC12)CC4(C)C. The molecule has 8 aliphatic rings. The second-order valence-electron chi connectivity index (χ2n) is 22.1. The molecule has 23 heteroatoms. The van der Waals surface area contributed by atoms with Crippen molar-refractivity contribution in [3.05, 3.63) is 0 Å². The summed E-state index contributed by atoms with van der Waals surface area (Å²) in [4.78, 5) is 14.3. The number of ether oxygens (including phenoxy) is 8. The van der Waals surface area contributed by atoms with Crippen molar-refractivity contribution in [1.82, 2.24) is 0 Å².